The number of carbonyl (C=O) groups excluding carboxylic acids is 1. The highest BCUT2D eigenvalue weighted by molar-refractivity contribution is 7.92. The molecule has 4 rings (SSSR count). The summed E-state index contributed by atoms with van der Waals surface area (Å²) in [6, 6.07) is 9.61. The number of carbonyl (C=O) groups is 1. The number of halogens is 4. The van der Waals surface area contributed by atoms with Crippen LogP contribution in [0.15, 0.2) is 54.9 Å². The molecular formula is C26H28F4N6O3S. The molecule has 0 bridgehead atoms. The van der Waals surface area contributed by atoms with E-state index in [4.69, 9.17) is 0 Å². The standard InChI is InChI=1S/C26H28F4N6O3S/c1-17(18-3-5-22(21(27)15-18)34-40(2,38)39)25(37)32-16-19-4-6-23(26(28,29)30)33-24(19)36-13-11-35(12-14-36)20-7-9-31-10-8-20/h3-10,15,17,34H,11-14,16H2,1-2H3,(H,32,37). The summed E-state index contributed by atoms with van der Waals surface area (Å²) >= 11 is 0. The van der Waals surface area contributed by atoms with Crippen LogP contribution in [0.5, 0.6) is 0 Å². The molecule has 14 heteroatoms. The van der Waals surface area contributed by atoms with Crippen LogP contribution >= 0.6 is 0 Å². The molecule has 1 amide bonds. The summed E-state index contributed by atoms with van der Waals surface area (Å²) in [7, 11) is -3.69. The van der Waals surface area contributed by atoms with Crippen molar-refractivity contribution in [2.45, 2.75) is 25.6 Å². The minimum Gasteiger partial charge on any atom is -0.368 e. The Kier molecular flexibility index (Phi) is 8.47. The second-order valence-corrected chi connectivity index (χ2v) is 11.2. The van der Waals surface area contributed by atoms with Gasteiger partial charge in [0.2, 0.25) is 15.9 Å². The average Bonchev–Trinajstić information content (AvgIpc) is 2.91. The van der Waals surface area contributed by atoms with Crippen molar-refractivity contribution in [3.63, 3.8) is 0 Å². The van der Waals surface area contributed by atoms with Gasteiger partial charge in [-0.15, -0.1) is 0 Å². The van der Waals surface area contributed by atoms with Gasteiger partial charge in [0, 0.05) is 56.4 Å². The number of amides is 1. The number of nitrogens with zero attached hydrogens (tertiary/aromatic N) is 4. The van der Waals surface area contributed by atoms with Gasteiger partial charge >= 0.3 is 6.18 Å². The Labute approximate surface area is 229 Å². The molecule has 40 heavy (non-hydrogen) atoms. The number of benzene rings is 1. The predicted octanol–water partition coefficient (Wildman–Crippen LogP) is 3.75. The van der Waals surface area contributed by atoms with Crippen molar-refractivity contribution in [3.05, 3.63) is 77.5 Å². The van der Waals surface area contributed by atoms with E-state index < -0.39 is 39.5 Å². The molecule has 9 nitrogen and oxygen atoms in total. The average molecular weight is 581 g/mol. The summed E-state index contributed by atoms with van der Waals surface area (Å²) < 4.78 is 79.7. The van der Waals surface area contributed by atoms with Gasteiger partial charge < -0.3 is 15.1 Å². The molecule has 3 aromatic rings. The molecule has 0 aliphatic carbocycles. The molecule has 2 N–H and O–H groups in total. The molecular weight excluding hydrogens is 552 g/mol. The molecule has 1 aromatic carbocycles. The third-order valence-corrected chi connectivity index (χ3v) is 7.08. The van der Waals surface area contributed by atoms with Crippen LogP contribution < -0.4 is 19.8 Å². The quantitative estimate of drug-likeness (QED) is 0.391. The van der Waals surface area contributed by atoms with E-state index in [1.54, 1.807) is 17.3 Å². The zero-order valence-corrected chi connectivity index (χ0v) is 22.6. The molecule has 214 valence electrons. The highest BCUT2D eigenvalue weighted by Gasteiger charge is 2.34. The fourth-order valence-electron chi connectivity index (χ4n) is 4.35. The van der Waals surface area contributed by atoms with Gasteiger partial charge in [-0.3, -0.25) is 14.5 Å². The van der Waals surface area contributed by atoms with Gasteiger partial charge in [-0.1, -0.05) is 12.1 Å². The van der Waals surface area contributed by atoms with E-state index in [1.807, 2.05) is 12.1 Å². The number of aromatic nitrogens is 2. The second-order valence-electron chi connectivity index (χ2n) is 9.41. The van der Waals surface area contributed by atoms with E-state index in [0.29, 0.717) is 37.3 Å². The number of anilines is 3. The molecule has 1 aliphatic rings. The Morgan fingerprint density at radius 1 is 1.02 bits per heavy atom. The van der Waals surface area contributed by atoms with Gasteiger partial charge in [0.15, 0.2) is 0 Å². The number of piperazine rings is 1. The first-order valence-corrected chi connectivity index (χ1v) is 14.2. The lowest BCUT2D eigenvalue weighted by atomic mass is 9.99. The van der Waals surface area contributed by atoms with Gasteiger partial charge in [-0.05, 0) is 42.8 Å². The fraction of sp³-hybridized carbons (Fsp3) is 0.346. The summed E-state index contributed by atoms with van der Waals surface area (Å²) in [5.74, 6) is -2.02. The Bertz CT molecular complexity index is 1460. The number of sulfonamides is 1. The van der Waals surface area contributed by atoms with Crippen molar-refractivity contribution in [1.82, 2.24) is 15.3 Å². The van der Waals surface area contributed by atoms with Crippen LogP contribution in [0.3, 0.4) is 0 Å². The summed E-state index contributed by atoms with van der Waals surface area (Å²) in [6.07, 6.45) is -0.395. The monoisotopic (exact) mass is 580 g/mol. The highest BCUT2D eigenvalue weighted by Crippen LogP contribution is 2.31. The number of hydrogen-bond donors (Lipinski definition) is 2. The van der Waals surface area contributed by atoms with Crippen LogP contribution in [0.25, 0.3) is 0 Å². The number of rotatable bonds is 8. The number of hydrogen-bond acceptors (Lipinski definition) is 7. The lowest BCUT2D eigenvalue weighted by Gasteiger charge is -2.37. The first-order valence-electron chi connectivity index (χ1n) is 12.3. The molecule has 0 radical (unpaired) electrons. The van der Waals surface area contributed by atoms with Gasteiger partial charge in [0.1, 0.15) is 17.3 Å². The Morgan fingerprint density at radius 2 is 1.68 bits per heavy atom. The van der Waals surface area contributed by atoms with Gasteiger partial charge in [-0.25, -0.2) is 17.8 Å². The molecule has 0 spiro atoms. The third-order valence-electron chi connectivity index (χ3n) is 6.49. The van der Waals surface area contributed by atoms with Gasteiger partial charge in [-0.2, -0.15) is 13.2 Å². The summed E-state index contributed by atoms with van der Waals surface area (Å²) in [6.45, 7) is 3.39. The van der Waals surface area contributed by atoms with Crippen LogP contribution in [0.1, 0.15) is 29.7 Å². The molecule has 1 unspecified atom stereocenters. The largest absolute Gasteiger partial charge is 0.433 e. The molecule has 1 fully saturated rings. The first-order chi connectivity index (χ1) is 18.8. The maximum atomic E-state index is 14.4. The maximum absolute atomic E-state index is 14.4. The van der Waals surface area contributed by atoms with Crippen LogP contribution in [-0.4, -0.2) is 56.7 Å². The molecule has 3 heterocycles. The minimum atomic E-state index is -4.63. The Hall–Kier alpha value is -3.94. The van der Waals surface area contributed by atoms with E-state index in [1.165, 1.54) is 25.1 Å². The Balaban J connectivity index is 1.48. The molecule has 2 aromatic heterocycles. The van der Waals surface area contributed by atoms with Crippen molar-refractivity contribution < 1.29 is 30.8 Å². The fourth-order valence-corrected chi connectivity index (χ4v) is 4.91. The lowest BCUT2D eigenvalue weighted by molar-refractivity contribution is -0.141. The summed E-state index contributed by atoms with van der Waals surface area (Å²) in [5.41, 5.74) is 0.394. The van der Waals surface area contributed by atoms with E-state index in [-0.39, 0.29) is 18.1 Å². The topological polar surface area (TPSA) is 108 Å². The van der Waals surface area contributed by atoms with Crippen molar-refractivity contribution in [1.29, 1.82) is 0 Å². The van der Waals surface area contributed by atoms with Crippen LogP contribution in [0.2, 0.25) is 0 Å². The molecule has 1 saturated heterocycles. The normalized spacial score (nSPS) is 15.1. The predicted molar refractivity (Wildman–Crippen MR) is 143 cm³/mol. The van der Waals surface area contributed by atoms with E-state index in [0.717, 1.165) is 24.1 Å². The van der Waals surface area contributed by atoms with Gasteiger partial charge in [0.25, 0.3) is 0 Å². The molecule has 1 aliphatic heterocycles. The molecule has 1 atom stereocenters. The Morgan fingerprint density at radius 3 is 2.27 bits per heavy atom. The third kappa shape index (κ3) is 7.17. The summed E-state index contributed by atoms with van der Waals surface area (Å²) in [5, 5.41) is 2.70. The van der Waals surface area contributed by atoms with E-state index in [2.05, 4.69) is 24.9 Å². The number of alkyl halides is 3. The van der Waals surface area contributed by atoms with E-state index in [9.17, 15) is 30.8 Å². The zero-order valence-electron chi connectivity index (χ0n) is 21.7. The second kappa shape index (κ2) is 11.7. The number of nitrogens with one attached hydrogen (secondary N) is 2. The van der Waals surface area contributed by atoms with E-state index >= 15 is 0 Å². The SMILES string of the molecule is CC(C(=O)NCc1ccc(C(F)(F)F)nc1N1CCN(c2ccncc2)CC1)c1ccc(NS(C)(=O)=O)c(F)c1. The number of pyridine rings is 2. The zero-order chi connectivity index (χ0) is 29.1. The highest BCUT2D eigenvalue weighted by atomic mass is 32.2. The molecule has 0 saturated carbocycles. The van der Waals surface area contributed by atoms with Crippen LogP contribution in [-0.2, 0) is 27.5 Å². The van der Waals surface area contributed by atoms with Gasteiger partial charge in [0.05, 0.1) is 17.9 Å². The minimum absolute atomic E-state index is 0.0928. The van der Waals surface area contributed by atoms with Crippen molar-refractivity contribution >= 4 is 33.1 Å². The van der Waals surface area contributed by atoms with Crippen molar-refractivity contribution in [2.75, 3.05) is 47.0 Å². The van der Waals surface area contributed by atoms with Crippen LogP contribution in [0.4, 0.5) is 34.8 Å². The lowest BCUT2D eigenvalue weighted by Crippen LogP contribution is -2.47. The first kappa shape index (κ1) is 29.1. The maximum Gasteiger partial charge on any atom is 0.433 e. The smallest absolute Gasteiger partial charge is 0.368 e. The van der Waals surface area contributed by atoms with Crippen molar-refractivity contribution in [2.24, 2.45) is 0 Å². The van der Waals surface area contributed by atoms with Crippen molar-refractivity contribution in [3.8, 4) is 0 Å². The summed E-state index contributed by atoms with van der Waals surface area (Å²) in [4.78, 5) is 24.7. The van der Waals surface area contributed by atoms with Crippen LogP contribution in [0, 0.1) is 5.82 Å².